The van der Waals surface area contributed by atoms with Crippen LogP contribution < -0.4 is 4.89 Å². The van der Waals surface area contributed by atoms with E-state index in [9.17, 15) is 19.0 Å². The Kier molecular flexibility index (Phi) is 62.7. The van der Waals surface area contributed by atoms with Gasteiger partial charge in [0.1, 0.15) is 19.8 Å². The van der Waals surface area contributed by atoms with E-state index in [-0.39, 0.29) is 32.0 Å². The summed E-state index contributed by atoms with van der Waals surface area (Å²) in [7, 11) is 1.20. The fourth-order valence-electron chi connectivity index (χ4n) is 11.3. The number of rotatable bonds is 69. The maximum atomic E-state index is 12.8. The molecule has 0 aliphatic heterocycles. The van der Waals surface area contributed by atoms with Crippen molar-refractivity contribution in [3.05, 3.63) is 0 Å². The molecule has 0 N–H and O–H groups in total. The third-order valence-electron chi connectivity index (χ3n) is 16.9. The molecule has 0 aromatic heterocycles. The zero-order valence-corrected chi connectivity index (χ0v) is 56.2. The number of phosphoric ester groups is 1. The normalized spacial score (nSPS) is 13.0. The molecule has 0 saturated heterocycles. The van der Waals surface area contributed by atoms with Crippen molar-refractivity contribution in [3.63, 3.8) is 0 Å². The first kappa shape index (κ1) is 80.0. The van der Waals surface area contributed by atoms with Crippen molar-refractivity contribution >= 4 is 19.8 Å². The molecule has 0 heterocycles. The van der Waals surface area contributed by atoms with Crippen LogP contribution in [0.1, 0.15) is 393 Å². The van der Waals surface area contributed by atoms with E-state index in [4.69, 9.17) is 18.5 Å². The molecule has 9 nitrogen and oxygen atoms in total. The van der Waals surface area contributed by atoms with Gasteiger partial charge in [-0.3, -0.25) is 14.2 Å². The van der Waals surface area contributed by atoms with Crippen LogP contribution in [0.5, 0.6) is 0 Å². The van der Waals surface area contributed by atoms with Gasteiger partial charge in [-0.15, -0.1) is 0 Å². The number of unbranched alkanes of at least 4 members (excludes halogenated alkanes) is 55. The van der Waals surface area contributed by atoms with Crippen molar-refractivity contribution < 1.29 is 42.1 Å². The summed E-state index contributed by atoms with van der Waals surface area (Å²) in [5.41, 5.74) is 0. The van der Waals surface area contributed by atoms with E-state index in [0.29, 0.717) is 17.4 Å². The predicted octanol–water partition coefficient (Wildman–Crippen LogP) is 22.7. The predicted molar refractivity (Wildman–Crippen MR) is 347 cm³/mol. The first-order valence-corrected chi connectivity index (χ1v) is 37.7. The van der Waals surface area contributed by atoms with Gasteiger partial charge >= 0.3 is 11.9 Å². The van der Waals surface area contributed by atoms with E-state index in [1.165, 1.54) is 327 Å². The molecule has 0 aliphatic rings. The molecule has 0 fully saturated rings. The summed E-state index contributed by atoms with van der Waals surface area (Å²) >= 11 is 0. The quantitative estimate of drug-likeness (QED) is 0.0256. The third-order valence-corrected chi connectivity index (χ3v) is 17.8. The van der Waals surface area contributed by atoms with E-state index >= 15 is 0 Å². The van der Waals surface area contributed by atoms with Gasteiger partial charge in [0.2, 0.25) is 0 Å². The van der Waals surface area contributed by atoms with Gasteiger partial charge in [-0.1, -0.05) is 367 Å². The fourth-order valence-corrected chi connectivity index (χ4v) is 12.0. The molecule has 2 unspecified atom stereocenters. The average Bonchev–Trinajstić information content (AvgIpc) is 3.43. The maximum Gasteiger partial charge on any atom is 0.306 e. The standard InChI is InChI=1S/C71H142NO8P/c1-6-8-10-12-14-16-18-20-22-24-25-26-27-28-29-30-31-32-33-34-35-36-37-38-39-40-41-42-43-44-45-46-48-50-52-54-56-58-60-62-64-71(74)80-69(68-79-81(75,76)78-66-65-72(3,4)5)67-77-70(73)63-61-59-57-55-53-51-49-47-23-21-19-17-15-13-11-9-7-2/h69H,6-68H2,1-5H3. The number of hydrogen-bond acceptors (Lipinski definition) is 8. The number of esters is 2. The van der Waals surface area contributed by atoms with Crippen LogP contribution in [0.15, 0.2) is 0 Å². The molecule has 81 heavy (non-hydrogen) atoms. The molecule has 484 valence electrons. The Morgan fingerprint density at radius 1 is 0.333 bits per heavy atom. The number of quaternary nitrogens is 1. The molecule has 0 aliphatic carbocycles. The Hall–Kier alpha value is -0.990. The second-order valence-corrected chi connectivity index (χ2v) is 27.7. The van der Waals surface area contributed by atoms with Gasteiger partial charge in [0, 0.05) is 12.8 Å². The average molecular weight is 1170 g/mol. The van der Waals surface area contributed by atoms with Gasteiger partial charge in [0.05, 0.1) is 27.7 Å². The number of carbonyl (C=O) groups excluding carboxylic acids is 2. The van der Waals surface area contributed by atoms with Crippen molar-refractivity contribution in [2.75, 3.05) is 47.5 Å². The summed E-state index contributed by atoms with van der Waals surface area (Å²) in [4.78, 5) is 38.0. The van der Waals surface area contributed by atoms with Crippen molar-refractivity contribution in [2.24, 2.45) is 0 Å². The van der Waals surface area contributed by atoms with Gasteiger partial charge < -0.3 is 27.9 Å². The summed E-state index contributed by atoms with van der Waals surface area (Å²) in [6, 6.07) is 0. The zero-order chi connectivity index (χ0) is 59.1. The van der Waals surface area contributed by atoms with Crippen LogP contribution >= 0.6 is 7.82 Å². The van der Waals surface area contributed by atoms with Crippen molar-refractivity contribution in [1.29, 1.82) is 0 Å². The molecular formula is C71H142NO8P. The van der Waals surface area contributed by atoms with E-state index in [0.717, 1.165) is 32.1 Å². The highest BCUT2D eigenvalue weighted by Crippen LogP contribution is 2.38. The Balaban J connectivity index is 3.83. The minimum absolute atomic E-state index is 0.0249. The Morgan fingerprint density at radius 3 is 0.790 bits per heavy atom. The van der Waals surface area contributed by atoms with Gasteiger partial charge in [-0.05, 0) is 12.8 Å². The lowest BCUT2D eigenvalue weighted by Crippen LogP contribution is -2.37. The zero-order valence-electron chi connectivity index (χ0n) is 55.3. The van der Waals surface area contributed by atoms with Gasteiger partial charge in [-0.25, -0.2) is 0 Å². The summed E-state index contributed by atoms with van der Waals surface area (Å²) < 4.78 is 34.3. The minimum Gasteiger partial charge on any atom is -0.756 e. The van der Waals surface area contributed by atoms with Crippen molar-refractivity contribution in [3.8, 4) is 0 Å². The van der Waals surface area contributed by atoms with Crippen LogP contribution in [0.2, 0.25) is 0 Å². The summed E-state index contributed by atoms with van der Waals surface area (Å²) in [6.07, 6.45) is 76.5. The topological polar surface area (TPSA) is 111 Å². The van der Waals surface area contributed by atoms with Crippen LogP contribution in [-0.4, -0.2) is 70.0 Å². The molecule has 0 rings (SSSR count). The van der Waals surface area contributed by atoms with Crippen LogP contribution in [0.4, 0.5) is 0 Å². The molecule has 0 spiro atoms. The largest absolute Gasteiger partial charge is 0.756 e. The van der Waals surface area contributed by atoms with Gasteiger partial charge in [0.25, 0.3) is 7.82 Å². The number of ether oxygens (including phenoxy) is 2. The lowest BCUT2D eigenvalue weighted by atomic mass is 10.0. The minimum atomic E-state index is -4.63. The first-order valence-electron chi connectivity index (χ1n) is 36.2. The summed E-state index contributed by atoms with van der Waals surface area (Å²) in [5, 5.41) is 0. The summed E-state index contributed by atoms with van der Waals surface area (Å²) in [5.74, 6) is -0.806. The molecule has 0 aromatic rings. The highest BCUT2D eigenvalue weighted by Gasteiger charge is 2.22. The smallest absolute Gasteiger partial charge is 0.306 e. The Morgan fingerprint density at radius 2 is 0.556 bits per heavy atom. The molecule has 0 aromatic carbocycles. The second kappa shape index (κ2) is 63.5. The van der Waals surface area contributed by atoms with Gasteiger partial charge in [0.15, 0.2) is 6.10 Å². The van der Waals surface area contributed by atoms with Crippen molar-refractivity contribution in [2.45, 2.75) is 399 Å². The number of carbonyl (C=O) groups is 2. The lowest BCUT2D eigenvalue weighted by Gasteiger charge is -2.28. The van der Waals surface area contributed by atoms with E-state index in [2.05, 4.69) is 13.8 Å². The Bertz CT molecular complexity index is 1330. The molecule has 0 amide bonds. The van der Waals surface area contributed by atoms with E-state index in [1.54, 1.807) is 0 Å². The molecule has 0 radical (unpaired) electrons. The van der Waals surface area contributed by atoms with Gasteiger partial charge in [-0.2, -0.15) is 0 Å². The molecule has 0 saturated carbocycles. The Labute approximate surface area is 505 Å². The number of hydrogen-bond donors (Lipinski definition) is 0. The first-order chi connectivity index (χ1) is 39.5. The lowest BCUT2D eigenvalue weighted by molar-refractivity contribution is -0.870. The monoisotopic (exact) mass is 1170 g/mol. The highest BCUT2D eigenvalue weighted by atomic mass is 31.2. The third kappa shape index (κ3) is 68.0. The number of phosphoric acid groups is 1. The van der Waals surface area contributed by atoms with Crippen LogP contribution in [0.25, 0.3) is 0 Å². The maximum absolute atomic E-state index is 12.8. The second-order valence-electron chi connectivity index (χ2n) is 26.3. The van der Waals surface area contributed by atoms with E-state index in [1.807, 2.05) is 21.1 Å². The number of likely N-dealkylation sites (N-methyl/N-ethyl adjacent to an activating group) is 1. The van der Waals surface area contributed by atoms with Crippen molar-refractivity contribution in [1.82, 2.24) is 0 Å². The van der Waals surface area contributed by atoms with E-state index < -0.39 is 26.5 Å². The summed E-state index contributed by atoms with van der Waals surface area (Å²) in [6.45, 7) is 4.33. The fraction of sp³-hybridized carbons (Fsp3) is 0.972. The molecule has 2 atom stereocenters. The highest BCUT2D eigenvalue weighted by molar-refractivity contribution is 7.45. The SMILES string of the molecule is CCCCCCCCCCCCCCCCCCCCCCCCCCCCCCCCCCCCCCCCCCC(=O)OC(COC(=O)CCCCCCCCCCCCCCCCCCC)COP(=O)([O-])OCC[N+](C)(C)C. The number of nitrogens with zero attached hydrogens (tertiary/aromatic N) is 1. The van der Waals surface area contributed by atoms with Crippen LogP contribution in [-0.2, 0) is 32.7 Å². The molecule has 10 heteroatoms. The molecule has 0 bridgehead atoms. The van der Waals surface area contributed by atoms with Crippen LogP contribution in [0, 0.1) is 0 Å². The molecular weight excluding hydrogens is 1030 g/mol. The van der Waals surface area contributed by atoms with Crippen LogP contribution in [0.3, 0.4) is 0 Å².